The van der Waals surface area contributed by atoms with Gasteiger partial charge in [0.15, 0.2) is 0 Å². The van der Waals surface area contributed by atoms with Crippen LogP contribution in [0.3, 0.4) is 0 Å². The highest BCUT2D eigenvalue weighted by atomic mass is 35.5. The van der Waals surface area contributed by atoms with E-state index in [2.05, 4.69) is 10.6 Å². The van der Waals surface area contributed by atoms with E-state index in [0.29, 0.717) is 34.4 Å². The standard InChI is InChI=1S/C19H18Cl2FN3O2/c20-12-6-7-15(21)16(9-12)24-19(27)17-5-2-8-25(17)11-18(26)23-14-4-1-3-13(22)10-14/h1,3-4,6-7,9-10,17H,2,5,8,11H2,(H,23,26)(H,24,27)/t17-/m0/s1. The van der Waals surface area contributed by atoms with Gasteiger partial charge in [-0.2, -0.15) is 0 Å². The maximum absolute atomic E-state index is 13.2. The Morgan fingerprint density at radius 1 is 1.15 bits per heavy atom. The van der Waals surface area contributed by atoms with Gasteiger partial charge in [-0.3, -0.25) is 14.5 Å². The van der Waals surface area contributed by atoms with E-state index in [4.69, 9.17) is 23.2 Å². The summed E-state index contributed by atoms with van der Waals surface area (Å²) >= 11 is 12.0. The molecule has 1 saturated heterocycles. The topological polar surface area (TPSA) is 61.4 Å². The van der Waals surface area contributed by atoms with Gasteiger partial charge < -0.3 is 10.6 Å². The lowest BCUT2D eigenvalue weighted by Crippen LogP contribution is -2.43. The quantitative estimate of drug-likeness (QED) is 0.778. The Bertz CT molecular complexity index is 863. The van der Waals surface area contributed by atoms with Crippen LogP contribution in [0.25, 0.3) is 0 Å². The fourth-order valence-electron chi connectivity index (χ4n) is 3.07. The molecule has 2 aromatic rings. The molecule has 0 bridgehead atoms. The molecular formula is C19H18Cl2FN3O2. The minimum absolute atomic E-state index is 0.0396. The first-order valence-corrected chi connectivity index (χ1v) is 9.23. The van der Waals surface area contributed by atoms with Crippen molar-refractivity contribution in [3.05, 3.63) is 58.3 Å². The highest BCUT2D eigenvalue weighted by Crippen LogP contribution is 2.27. The second kappa shape index (κ2) is 8.69. The van der Waals surface area contributed by atoms with Crippen molar-refractivity contribution in [3.8, 4) is 0 Å². The lowest BCUT2D eigenvalue weighted by Gasteiger charge is -2.23. The van der Waals surface area contributed by atoms with E-state index in [1.807, 2.05) is 0 Å². The number of rotatable bonds is 5. The second-order valence-electron chi connectivity index (χ2n) is 6.30. The summed E-state index contributed by atoms with van der Waals surface area (Å²) in [5, 5.41) is 6.27. The maximum atomic E-state index is 13.2. The number of carbonyl (C=O) groups excluding carboxylic acids is 2. The molecule has 0 spiro atoms. The van der Waals surface area contributed by atoms with Crippen molar-refractivity contribution in [1.29, 1.82) is 0 Å². The van der Waals surface area contributed by atoms with Crippen LogP contribution in [0.5, 0.6) is 0 Å². The van der Waals surface area contributed by atoms with E-state index in [1.54, 1.807) is 29.2 Å². The van der Waals surface area contributed by atoms with Gasteiger partial charge in [0.25, 0.3) is 0 Å². The Morgan fingerprint density at radius 2 is 1.96 bits per heavy atom. The monoisotopic (exact) mass is 409 g/mol. The van der Waals surface area contributed by atoms with Gasteiger partial charge in [-0.25, -0.2) is 4.39 Å². The van der Waals surface area contributed by atoms with E-state index in [1.165, 1.54) is 18.2 Å². The van der Waals surface area contributed by atoms with Crippen LogP contribution in [0.2, 0.25) is 10.0 Å². The van der Waals surface area contributed by atoms with Gasteiger partial charge in [0.1, 0.15) is 5.82 Å². The number of halogens is 3. The molecule has 0 saturated carbocycles. The summed E-state index contributed by atoms with van der Waals surface area (Å²) in [6.45, 7) is 0.663. The number of hydrogen-bond acceptors (Lipinski definition) is 3. The zero-order valence-electron chi connectivity index (χ0n) is 14.3. The van der Waals surface area contributed by atoms with Crippen LogP contribution in [0.4, 0.5) is 15.8 Å². The molecule has 5 nitrogen and oxygen atoms in total. The molecule has 1 aliphatic heterocycles. The molecule has 142 valence electrons. The summed E-state index contributed by atoms with van der Waals surface area (Å²) in [5.41, 5.74) is 0.816. The average Bonchev–Trinajstić information content (AvgIpc) is 3.06. The molecule has 2 aromatic carbocycles. The average molecular weight is 410 g/mol. The minimum Gasteiger partial charge on any atom is -0.325 e. The van der Waals surface area contributed by atoms with Crippen LogP contribution in [0.1, 0.15) is 12.8 Å². The Labute approximate surface area is 166 Å². The molecule has 0 aromatic heterocycles. The number of carbonyl (C=O) groups is 2. The normalized spacial score (nSPS) is 16.9. The van der Waals surface area contributed by atoms with E-state index in [-0.39, 0.29) is 18.4 Å². The van der Waals surface area contributed by atoms with E-state index < -0.39 is 11.9 Å². The SMILES string of the molecule is O=C(CN1CCC[C@H]1C(=O)Nc1cc(Cl)ccc1Cl)Nc1cccc(F)c1. The number of hydrogen-bond donors (Lipinski definition) is 2. The van der Waals surface area contributed by atoms with Crippen LogP contribution < -0.4 is 10.6 Å². The zero-order chi connectivity index (χ0) is 19.4. The fraction of sp³-hybridized carbons (Fsp3) is 0.263. The Kier molecular flexibility index (Phi) is 6.31. The van der Waals surface area contributed by atoms with Crippen molar-refractivity contribution in [2.45, 2.75) is 18.9 Å². The predicted molar refractivity (Wildman–Crippen MR) is 105 cm³/mol. The first-order chi connectivity index (χ1) is 12.9. The molecule has 2 N–H and O–H groups in total. The van der Waals surface area contributed by atoms with Gasteiger partial charge in [-0.05, 0) is 55.8 Å². The Morgan fingerprint density at radius 3 is 2.74 bits per heavy atom. The number of amides is 2. The van der Waals surface area contributed by atoms with Crippen molar-refractivity contribution in [1.82, 2.24) is 4.90 Å². The third-order valence-electron chi connectivity index (χ3n) is 4.31. The zero-order valence-corrected chi connectivity index (χ0v) is 15.9. The highest BCUT2D eigenvalue weighted by Gasteiger charge is 2.32. The Hall–Kier alpha value is -2.15. The summed E-state index contributed by atoms with van der Waals surface area (Å²) in [6.07, 6.45) is 1.44. The van der Waals surface area contributed by atoms with Gasteiger partial charge in [-0.15, -0.1) is 0 Å². The van der Waals surface area contributed by atoms with Crippen LogP contribution in [-0.2, 0) is 9.59 Å². The summed E-state index contributed by atoms with van der Waals surface area (Å²) in [5.74, 6) is -0.971. The smallest absolute Gasteiger partial charge is 0.241 e. The van der Waals surface area contributed by atoms with Gasteiger partial charge in [0.2, 0.25) is 11.8 Å². The fourth-order valence-corrected chi connectivity index (χ4v) is 3.41. The van der Waals surface area contributed by atoms with Gasteiger partial charge in [0.05, 0.1) is 23.3 Å². The minimum atomic E-state index is -0.446. The summed E-state index contributed by atoms with van der Waals surface area (Å²) < 4.78 is 13.2. The van der Waals surface area contributed by atoms with Crippen LogP contribution >= 0.6 is 23.2 Å². The summed E-state index contributed by atoms with van der Waals surface area (Å²) in [4.78, 5) is 26.7. The summed E-state index contributed by atoms with van der Waals surface area (Å²) in [6, 6.07) is 10.1. The molecule has 1 aliphatic rings. The molecule has 1 atom stereocenters. The third kappa shape index (κ3) is 5.19. The molecule has 3 rings (SSSR count). The van der Waals surface area contributed by atoms with Gasteiger partial charge in [0, 0.05) is 10.7 Å². The van der Waals surface area contributed by atoms with Crippen molar-refractivity contribution < 1.29 is 14.0 Å². The van der Waals surface area contributed by atoms with Crippen molar-refractivity contribution in [2.24, 2.45) is 0 Å². The van der Waals surface area contributed by atoms with Crippen molar-refractivity contribution in [3.63, 3.8) is 0 Å². The van der Waals surface area contributed by atoms with Crippen molar-refractivity contribution in [2.75, 3.05) is 23.7 Å². The molecular weight excluding hydrogens is 392 g/mol. The first kappa shape index (κ1) is 19.6. The number of nitrogens with zero attached hydrogens (tertiary/aromatic N) is 1. The molecule has 0 aliphatic carbocycles. The summed E-state index contributed by atoms with van der Waals surface area (Å²) in [7, 11) is 0. The predicted octanol–water partition coefficient (Wildman–Crippen LogP) is 4.17. The van der Waals surface area contributed by atoms with Crippen molar-refractivity contribution >= 4 is 46.4 Å². The van der Waals surface area contributed by atoms with E-state index >= 15 is 0 Å². The maximum Gasteiger partial charge on any atom is 0.241 e. The molecule has 0 unspecified atom stereocenters. The molecule has 27 heavy (non-hydrogen) atoms. The number of benzene rings is 2. The van der Waals surface area contributed by atoms with E-state index in [9.17, 15) is 14.0 Å². The van der Waals surface area contributed by atoms with Crippen LogP contribution in [-0.4, -0.2) is 35.8 Å². The van der Waals surface area contributed by atoms with Crippen LogP contribution in [0.15, 0.2) is 42.5 Å². The first-order valence-electron chi connectivity index (χ1n) is 8.48. The molecule has 8 heteroatoms. The van der Waals surface area contributed by atoms with Crippen LogP contribution in [0, 0.1) is 5.82 Å². The molecule has 0 radical (unpaired) electrons. The lowest BCUT2D eigenvalue weighted by atomic mass is 10.2. The lowest BCUT2D eigenvalue weighted by molar-refractivity contribution is -0.122. The molecule has 2 amide bonds. The van der Waals surface area contributed by atoms with E-state index in [0.717, 1.165) is 6.42 Å². The number of anilines is 2. The van der Waals surface area contributed by atoms with Gasteiger partial charge >= 0.3 is 0 Å². The molecule has 1 fully saturated rings. The number of nitrogens with one attached hydrogen (secondary N) is 2. The van der Waals surface area contributed by atoms with Gasteiger partial charge in [-0.1, -0.05) is 29.3 Å². The highest BCUT2D eigenvalue weighted by molar-refractivity contribution is 6.35. The Balaban J connectivity index is 1.61. The third-order valence-corrected chi connectivity index (χ3v) is 4.87. The second-order valence-corrected chi connectivity index (χ2v) is 7.14. The largest absolute Gasteiger partial charge is 0.325 e. The number of likely N-dealkylation sites (tertiary alicyclic amines) is 1. The molecule has 1 heterocycles.